The molecule has 6 N–H and O–H groups in total. The quantitative estimate of drug-likeness (QED) is 0.127. The fourth-order valence-electron chi connectivity index (χ4n) is 2.56. The first kappa shape index (κ1) is 21.3. The Balaban J connectivity index is 2.11. The minimum atomic E-state index is -1.46. The van der Waals surface area contributed by atoms with E-state index in [9.17, 15) is 20.0 Å². The average Bonchev–Trinajstić information content (AvgIpc) is 2.73. The molecule has 0 spiro atoms. The van der Waals surface area contributed by atoms with E-state index >= 15 is 0 Å². The molecule has 0 saturated carbocycles. The Morgan fingerprint density at radius 1 is 1.33 bits per heavy atom. The third-order valence-corrected chi connectivity index (χ3v) is 4.43. The zero-order valence-electron chi connectivity index (χ0n) is 15.0. The zero-order valence-corrected chi connectivity index (χ0v) is 16.6. The van der Waals surface area contributed by atoms with Crippen LogP contribution in [-0.2, 0) is 0 Å². The molecule has 1 heterocycles. The van der Waals surface area contributed by atoms with Gasteiger partial charge in [0, 0.05) is 17.2 Å². The van der Waals surface area contributed by atoms with Crippen LogP contribution < -0.4 is 22.3 Å². The maximum Gasteiger partial charge on any atom is 0.276 e. The first-order valence-electron chi connectivity index (χ1n) is 8.26. The van der Waals surface area contributed by atoms with Gasteiger partial charge in [0.25, 0.3) is 11.2 Å². The van der Waals surface area contributed by atoms with Gasteiger partial charge in [0.05, 0.1) is 16.0 Å². The number of hydrogen-bond donors (Lipinski definition) is 5. The Morgan fingerprint density at radius 3 is 2.67 bits per heavy atom. The molecule has 2 aromatic carbocycles. The maximum absolute atomic E-state index is 12.6. The third kappa shape index (κ3) is 4.58. The van der Waals surface area contributed by atoms with Gasteiger partial charge in [-0.1, -0.05) is 11.6 Å². The SMILES string of the molecule is NNC(=S)N/N=C(\c1nc2ccc(Cl)cc2[nH]c1=O)C(O)c1ccc([N+](=O)[O-])cc1. The summed E-state index contributed by atoms with van der Waals surface area (Å²) in [5, 5.41) is 26.0. The second kappa shape index (κ2) is 8.92. The van der Waals surface area contributed by atoms with E-state index in [1.807, 2.05) is 0 Å². The lowest BCUT2D eigenvalue weighted by molar-refractivity contribution is -0.384. The number of nitrogens with one attached hydrogen (secondary N) is 3. The smallest absolute Gasteiger partial charge is 0.276 e. The van der Waals surface area contributed by atoms with Crippen molar-refractivity contribution in [2.45, 2.75) is 6.10 Å². The van der Waals surface area contributed by atoms with Gasteiger partial charge in [-0.25, -0.2) is 10.8 Å². The summed E-state index contributed by atoms with van der Waals surface area (Å²) in [7, 11) is 0. The molecule has 13 heteroatoms. The Kier molecular flexibility index (Phi) is 6.32. The second-order valence-corrected chi connectivity index (χ2v) is 6.75. The van der Waals surface area contributed by atoms with Crippen LogP contribution in [0.2, 0.25) is 5.02 Å². The lowest BCUT2D eigenvalue weighted by Gasteiger charge is -2.14. The molecule has 0 aliphatic rings. The lowest BCUT2D eigenvalue weighted by atomic mass is 10.0. The number of aromatic amines is 1. The van der Waals surface area contributed by atoms with E-state index in [1.54, 1.807) is 12.1 Å². The minimum absolute atomic E-state index is 0.0765. The number of nitrogens with zero attached hydrogens (tertiary/aromatic N) is 3. The van der Waals surface area contributed by atoms with Crippen molar-refractivity contribution in [2.24, 2.45) is 10.9 Å². The molecule has 0 fully saturated rings. The highest BCUT2D eigenvalue weighted by Crippen LogP contribution is 2.22. The van der Waals surface area contributed by atoms with Gasteiger partial charge in [-0.2, -0.15) is 5.10 Å². The number of H-pyrrole nitrogens is 1. The fourth-order valence-corrected chi connectivity index (χ4v) is 2.77. The highest BCUT2D eigenvalue weighted by atomic mass is 35.5. The summed E-state index contributed by atoms with van der Waals surface area (Å²) in [6, 6.07) is 9.83. The molecule has 0 aliphatic carbocycles. The molecule has 11 nitrogen and oxygen atoms in total. The van der Waals surface area contributed by atoms with E-state index in [1.165, 1.54) is 30.3 Å². The highest BCUT2D eigenvalue weighted by molar-refractivity contribution is 7.80. The summed E-state index contributed by atoms with van der Waals surface area (Å²) in [4.78, 5) is 29.8. The Morgan fingerprint density at radius 2 is 2.03 bits per heavy atom. The number of fused-ring (bicyclic) bond motifs is 1. The summed E-state index contributed by atoms with van der Waals surface area (Å²) in [5.74, 6) is 5.20. The van der Waals surface area contributed by atoms with E-state index in [-0.39, 0.29) is 27.8 Å². The first-order chi connectivity index (χ1) is 14.3. The minimum Gasteiger partial charge on any atom is -0.382 e. The number of nitrogens with two attached hydrogens (primary N) is 1. The number of benzene rings is 2. The summed E-state index contributed by atoms with van der Waals surface area (Å²) in [5.41, 5.74) is 4.42. The number of aliphatic hydroxyl groups excluding tert-OH is 1. The lowest BCUT2D eigenvalue weighted by Crippen LogP contribution is -2.38. The van der Waals surface area contributed by atoms with Gasteiger partial charge in [-0.05, 0) is 48.1 Å². The van der Waals surface area contributed by atoms with Crippen LogP contribution in [0.1, 0.15) is 17.4 Å². The van der Waals surface area contributed by atoms with E-state index in [0.29, 0.717) is 16.1 Å². The summed E-state index contributed by atoms with van der Waals surface area (Å²) in [6.07, 6.45) is -1.46. The van der Waals surface area contributed by atoms with Crippen LogP contribution in [0.15, 0.2) is 52.4 Å². The molecule has 0 radical (unpaired) electrons. The number of aromatic nitrogens is 2. The summed E-state index contributed by atoms with van der Waals surface area (Å²) >= 11 is 10.8. The maximum atomic E-state index is 12.6. The van der Waals surface area contributed by atoms with Crippen LogP contribution in [0.25, 0.3) is 11.0 Å². The van der Waals surface area contributed by atoms with Gasteiger partial charge in [0.1, 0.15) is 11.8 Å². The molecule has 0 bridgehead atoms. The largest absolute Gasteiger partial charge is 0.382 e. The molecular formula is C17H14ClN7O4S. The fraction of sp³-hybridized carbons (Fsp3) is 0.0588. The number of rotatable bonds is 5. The van der Waals surface area contributed by atoms with Crippen molar-refractivity contribution >= 4 is 51.4 Å². The second-order valence-electron chi connectivity index (χ2n) is 5.91. The van der Waals surface area contributed by atoms with E-state index < -0.39 is 16.6 Å². The number of hydrazone groups is 1. The number of thiocarbonyl (C=S) groups is 1. The predicted molar refractivity (Wildman–Crippen MR) is 115 cm³/mol. The summed E-state index contributed by atoms with van der Waals surface area (Å²) < 4.78 is 0. The monoisotopic (exact) mass is 447 g/mol. The Bertz CT molecular complexity index is 1210. The van der Waals surface area contributed by atoms with E-state index in [2.05, 4.69) is 25.9 Å². The van der Waals surface area contributed by atoms with Gasteiger partial charge >= 0.3 is 0 Å². The van der Waals surface area contributed by atoms with Crippen LogP contribution in [-0.4, -0.2) is 30.8 Å². The Hall–Kier alpha value is -3.45. The number of non-ortho nitro benzene ring substituents is 1. The van der Waals surface area contributed by atoms with Gasteiger partial charge in [0.2, 0.25) is 5.11 Å². The molecule has 3 rings (SSSR count). The molecule has 30 heavy (non-hydrogen) atoms. The van der Waals surface area contributed by atoms with Crippen molar-refractivity contribution in [3.05, 3.63) is 79.2 Å². The van der Waals surface area contributed by atoms with Crippen molar-refractivity contribution < 1.29 is 10.0 Å². The van der Waals surface area contributed by atoms with Crippen molar-refractivity contribution in [3.8, 4) is 0 Å². The molecule has 1 unspecified atom stereocenters. The number of aliphatic hydroxyl groups is 1. The topological polar surface area (TPSA) is 172 Å². The van der Waals surface area contributed by atoms with Crippen molar-refractivity contribution in [1.82, 2.24) is 20.8 Å². The standard InChI is InChI=1S/C17H14ClN7O4S/c18-9-3-6-11-12(7-9)21-16(27)14(20-11)13(23-24-17(30)22-19)15(26)8-1-4-10(5-2-8)25(28)29/h1-7,15,26H,19H2,(H,21,27)(H2,22,24,30)/b23-13+. The van der Waals surface area contributed by atoms with Gasteiger partial charge in [0.15, 0.2) is 5.69 Å². The normalized spacial score (nSPS) is 12.4. The molecule has 1 aromatic heterocycles. The van der Waals surface area contributed by atoms with Crippen molar-refractivity contribution in [1.29, 1.82) is 0 Å². The van der Waals surface area contributed by atoms with Crippen LogP contribution in [0.3, 0.4) is 0 Å². The number of halogens is 1. The summed E-state index contributed by atoms with van der Waals surface area (Å²) in [6.45, 7) is 0. The van der Waals surface area contributed by atoms with Crippen LogP contribution >= 0.6 is 23.8 Å². The zero-order chi connectivity index (χ0) is 21.8. The van der Waals surface area contributed by atoms with Gasteiger partial charge < -0.3 is 10.1 Å². The highest BCUT2D eigenvalue weighted by Gasteiger charge is 2.23. The van der Waals surface area contributed by atoms with Gasteiger partial charge in [-0.15, -0.1) is 0 Å². The molecule has 3 aromatic rings. The first-order valence-corrected chi connectivity index (χ1v) is 9.05. The predicted octanol–water partition coefficient (Wildman–Crippen LogP) is 1.26. The average molecular weight is 448 g/mol. The molecule has 0 aliphatic heterocycles. The molecule has 0 saturated heterocycles. The van der Waals surface area contributed by atoms with E-state index in [4.69, 9.17) is 29.7 Å². The molecule has 154 valence electrons. The third-order valence-electron chi connectivity index (χ3n) is 3.98. The Labute approximate surface area is 178 Å². The molecular weight excluding hydrogens is 434 g/mol. The number of nitro benzene ring substituents is 1. The van der Waals surface area contributed by atoms with Crippen LogP contribution in [0.5, 0.6) is 0 Å². The molecule has 0 amide bonds. The number of hydrogen-bond acceptors (Lipinski definition) is 8. The van der Waals surface area contributed by atoms with Crippen molar-refractivity contribution in [2.75, 3.05) is 0 Å². The molecule has 1 atom stereocenters. The van der Waals surface area contributed by atoms with E-state index in [0.717, 1.165) is 0 Å². The van der Waals surface area contributed by atoms with Crippen LogP contribution in [0, 0.1) is 10.1 Å². The number of nitro groups is 1. The van der Waals surface area contributed by atoms with Crippen LogP contribution in [0.4, 0.5) is 5.69 Å². The number of hydrazine groups is 1. The van der Waals surface area contributed by atoms with Crippen molar-refractivity contribution in [3.63, 3.8) is 0 Å². The van der Waals surface area contributed by atoms with Gasteiger partial charge in [-0.3, -0.25) is 25.8 Å².